The van der Waals surface area contributed by atoms with Gasteiger partial charge in [-0.05, 0) is 19.4 Å². The van der Waals surface area contributed by atoms with Crippen molar-refractivity contribution in [3.8, 4) is 0 Å². The fraction of sp³-hybridized carbons (Fsp3) is 0.273. The first kappa shape index (κ1) is 9.71. The Morgan fingerprint density at radius 3 is 2.33 bits per heavy atom. The number of nitrogens with zero attached hydrogens (tertiary/aromatic N) is 1. The Kier molecular flexibility index (Phi) is 2.19. The second-order valence-corrected chi connectivity index (χ2v) is 3.84. The molecule has 4 heteroatoms. The van der Waals surface area contributed by atoms with Gasteiger partial charge >= 0.3 is 6.03 Å². The van der Waals surface area contributed by atoms with Crippen molar-refractivity contribution in [2.75, 3.05) is 0 Å². The predicted octanol–water partition coefficient (Wildman–Crippen LogP) is 1.42. The quantitative estimate of drug-likeness (QED) is 0.725. The van der Waals surface area contributed by atoms with Crippen LogP contribution in [0.5, 0.6) is 0 Å². The van der Waals surface area contributed by atoms with Crippen LogP contribution in [0.2, 0.25) is 0 Å². The molecule has 1 heterocycles. The minimum atomic E-state index is -0.364. The molecular weight excluding hydrogens is 190 g/mol. The number of aryl methyl sites for hydroxylation is 2. The normalized spacial score (nSPS) is 20.0. The molecule has 0 saturated carbocycles. The van der Waals surface area contributed by atoms with Crippen molar-refractivity contribution in [2.24, 2.45) is 10.7 Å². The summed E-state index contributed by atoms with van der Waals surface area (Å²) in [5.41, 5.74) is 8.96. The zero-order chi connectivity index (χ0) is 11.0. The van der Waals surface area contributed by atoms with E-state index >= 15 is 0 Å². The van der Waals surface area contributed by atoms with E-state index < -0.39 is 0 Å². The number of rotatable bonds is 1. The zero-order valence-electron chi connectivity index (χ0n) is 8.74. The average molecular weight is 203 g/mol. The molecule has 0 fully saturated rings. The molecule has 15 heavy (non-hydrogen) atoms. The lowest BCUT2D eigenvalue weighted by Gasteiger charge is -2.12. The van der Waals surface area contributed by atoms with E-state index in [2.05, 4.69) is 16.4 Å². The second kappa shape index (κ2) is 3.38. The van der Waals surface area contributed by atoms with Crippen molar-refractivity contribution >= 4 is 11.9 Å². The van der Waals surface area contributed by atoms with Crippen LogP contribution in [-0.4, -0.2) is 11.9 Å². The summed E-state index contributed by atoms with van der Waals surface area (Å²) in [6.45, 7) is 4.03. The van der Waals surface area contributed by atoms with Crippen LogP contribution in [0.25, 0.3) is 0 Å². The third kappa shape index (κ3) is 1.83. The first-order chi connectivity index (χ1) is 7.06. The third-order valence-corrected chi connectivity index (χ3v) is 2.37. The molecule has 2 rings (SSSR count). The Balaban J connectivity index is 2.39. The van der Waals surface area contributed by atoms with Gasteiger partial charge in [-0.25, -0.2) is 4.79 Å². The maximum Gasteiger partial charge on any atom is 0.343 e. The van der Waals surface area contributed by atoms with Crippen LogP contribution >= 0.6 is 0 Å². The van der Waals surface area contributed by atoms with Gasteiger partial charge in [0.1, 0.15) is 11.9 Å². The van der Waals surface area contributed by atoms with E-state index in [0.717, 1.165) is 16.7 Å². The minimum Gasteiger partial charge on any atom is -0.385 e. The molecule has 3 N–H and O–H groups in total. The molecule has 1 atom stereocenters. The summed E-state index contributed by atoms with van der Waals surface area (Å²) in [5, 5.41) is 2.71. The van der Waals surface area contributed by atoms with Gasteiger partial charge in [0.2, 0.25) is 0 Å². The minimum absolute atomic E-state index is 0.268. The predicted molar refractivity (Wildman–Crippen MR) is 58.8 cm³/mol. The van der Waals surface area contributed by atoms with E-state index in [0.29, 0.717) is 5.84 Å². The van der Waals surface area contributed by atoms with Gasteiger partial charge in [-0.15, -0.1) is 0 Å². The summed E-state index contributed by atoms with van der Waals surface area (Å²) in [5.74, 6) is 0.338. The molecule has 0 spiro atoms. The fourth-order valence-corrected chi connectivity index (χ4v) is 1.84. The smallest absolute Gasteiger partial charge is 0.343 e. The molecule has 1 aliphatic heterocycles. The summed E-state index contributed by atoms with van der Waals surface area (Å²) in [6.07, 6.45) is 0. The Morgan fingerprint density at radius 1 is 1.27 bits per heavy atom. The molecule has 1 aromatic carbocycles. The van der Waals surface area contributed by atoms with Gasteiger partial charge in [0, 0.05) is 0 Å². The number of hydrogen-bond acceptors (Lipinski definition) is 2. The molecule has 78 valence electrons. The molecule has 1 aliphatic rings. The molecule has 0 aliphatic carbocycles. The van der Waals surface area contributed by atoms with Crippen molar-refractivity contribution in [3.63, 3.8) is 0 Å². The number of amidine groups is 1. The molecule has 2 amide bonds. The van der Waals surface area contributed by atoms with Crippen molar-refractivity contribution in [2.45, 2.75) is 19.9 Å². The van der Waals surface area contributed by atoms with Crippen molar-refractivity contribution in [1.29, 1.82) is 0 Å². The van der Waals surface area contributed by atoms with E-state index in [-0.39, 0.29) is 12.1 Å². The van der Waals surface area contributed by atoms with Crippen LogP contribution in [0.15, 0.2) is 23.2 Å². The summed E-state index contributed by atoms with van der Waals surface area (Å²) < 4.78 is 0. The van der Waals surface area contributed by atoms with Crippen molar-refractivity contribution in [3.05, 3.63) is 34.9 Å². The summed E-state index contributed by atoms with van der Waals surface area (Å²) >= 11 is 0. The average Bonchev–Trinajstić information content (AvgIpc) is 2.43. The highest BCUT2D eigenvalue weighted by molar-refractivity contribution is 6.03. The molecular formula is C11H13N3O. The Bertz CT molecular complexity index is 431. The highest BCUT2D eigenvalue weighted by Crippen LogP contribution is 2.20. The first-order valence-corrected chi connectivity index (χ1v) is 4.79. The fourth-order valence-electron chi connectivity index (χ4n) is 1.84. The molecule has 1 aromatic rings. The lowest BCUT2D eigenvalue weighted by Crippen LogP contribution is -2.27. The maximum absolute atomic E-state index is 11.0. The van der Waals surface area contributed by atoms with E-state index in [1.54, 1.807) is 0 Å². The summed E-state index contributed by atoms with van der Waals surface area (Å²) in [6, 6.07) is 5.46. The molecule has 0 radical (unpaired) electrons. The summed E-state index contributed by atoms with van der Waals surface area (Å²) in [7, 11) is 0. The van der Waals surface area contributed by atoms with Crippen LogP contribution in [0, 0.1) is 13.8 Å². The Hall–Kier alpha value is -1.84. The Morgan fingerprint density at radius 2 is 1.87 bits per heavy atom. The molecule has 1 unspecified atom stereocenters. The van der Waals surface area contributed by atoms with Crippen LogP contribution in [-0.2, 0) is 0 Å². The molecule has 0 saturated heterocycles. The lowest BCUT2D eigenvalue weighted by atomic mass is 10.0. The van der Waals surface area contributed by atoms with E-state index in [1.807, 2.05) is 26.0 Å². The largest absolute Gasteiger partial charge is 0.385 e. The Labute approximate surface area is 88.2 Å². The highest BCUT2D eigenvalue weighted by atomic mass is 16.2. The maximum atomic E-state index is 11.0. The van der Waals surface area contributed by atoms with Crippen molar-refractivity contribution in [1.82, 2.24) is 5.32 Å². The van der Waals surface area contributed by atoms with Crippen molar-refractivity contribution < 1.29 is 4.79 Å². The van der Waals surface area contributed by atoms with Gasteiger partial charge in [-0.3, -0.25) is 0 Å². The van der Waals surface area contributed by atoms with Gasteiger partial charge in [0.25, 0.3) is 0 Å². The van der Waals surface area contributed by atoms with Gasteiger partial charge in [0.05, 0.1) is 0 Å². The second-order valence-electron chi connectivity index (χ2n) is 3.84. The monoisotopic (exact) mass is 203 g/mol. The highest BCUT2D eigenvalue weighted by Gasteiger charge is 2.25. The third-order valence-electron chi connectivity index (χ3n) is 2.37. The van der Waals surface area contributed by atoms with E-state index in [4.69, 9.17) is 5.73 Å². The SMILES string of the molecule is Cc1cc(C)cc(C2NC(=O)N=C2N)c1. The standard InChI is InChI=1S/C11H13N3O/c1-6-3-7(2)5-8(4-6)9-10(12)14-11(15)13-9/h3-5,9H,1-2H3,(H3,12,13,14,15). The number of amides is 2. The number of hydrogen-bond donors (Lipinski definition) is 2. The molecule has 4 nitrogen and oxygen atoms in total. The zero-order valence-corrected chi connectivity index (χ0v) is 8.74. The van der Waals surface area contributed by atoms with Crippen LogP contribution in [0.3, 0.4) is 0 Å². The first-order valence-electron chi connectivity index (χ1n) is 4.79. The number of benzene rings is 1. The molecule has 0 aromatic heterocycles. The number of aliphatic imine (C=N–C) groups is 1. The van der Waals surface area contributed by atoms with E-state index in [9.17, 15) is 4.79 Å². The van der Waals surface area contributed by atoms with Crippen LogP contribution in [0.4, 0.5) is 4.79 Å². The number of nitrogens with one attached hydrogen (secondary N) is 1. The topological polar surface area (TPSA) is 67.5 Å². The number of urea groups is 1. The molecule has 0 bridgehead atoms. The summed E-state index contributed by atoms with van der Waals surface area (Å²) in [4.78, 5) is 14.7. The number of carbonyl (C=O) groups excluding carboxylic acids is 1. The van der Waals surface area contributed by atoms with Crippen LogP contribution < -0.4 is 11.1 Å². The van der Waals surface area contributed by atoms with Gasteiger partial charge in [-0.1, -0.05) is 29.3 Å². The number of carbonyl (C=O) groups is 1. The number of nitrogens with two attached hydrogens (primary N) is 1. The van der Waals surface area contributed by atoms with Gasteiger partial charge < -0.3 is 11.1 Å². The van der Waals surface area contributed by atoms with Crippen LogP contribution in [0.1, 0.15) is 22.7 Å². The lowest BCUT2D eigenvalue weighted by molar-refractivity contribution is 0.250. The van der Waals surface area contributed by atoms with E-state index in [1.165, 1.54) is 0 Å². The van der Waals surface area contributed by atoms with Gasteiger partial charge in [0.15, 0.2) is 0 Å². The van der Waals surface area contributed by atoms with Gasteiger partial charge in [-0.2, -0.15) is 4.99 Å².